The summed E-state index contributed by atoms with van der Waals surface area (Å²) in [5, 5.41) is 6.94. The van der Waals surface area contributed by atoms with Crippen LogP contribution in [0, 0.1) is 5.92 Å². The van der Waals surface area contributed by atoms with Gasteiger partial charge in [0.1, 0.15) is 6.04 Å². The van der Waals surface area contributed by atoms with Gasteiger partial charge in [0.05, 0.1) is 5.54 Å². The van der Waals surface area contributed by atoms with Crippen molar-refractivity contribution in [3.63, 3.8) is 0 Å². The lowest BCUT2D eigenvalue weighted by molar-refractivity contribution is -0.125. The highest BCUT2D eigenvalue weighted by Gasteiger charge is 2.39. The van der Waals surface area contributed by atoms with Crippen molar-refractivity contribution in [3.05, 3.63) is 11.7 Å². The van der Waals surface area contributed by atoms with Crippen LogP contribution in [-0.2, 0) is 10.3 Å². The average Bonchev–Trinajstić information content (AvgIpc) is 3.06. The van der Waals surface area contributed by atoms with E-state index in [2.05, 4.69) is 15.5 Å². The van der Waals surface area contributed by atoms with Crippen molar-refractivity contribution in [1.29, 1.82) is 0 Å². The molecule has 1 aromatic rings. The van der Waals surface area contributed by atoms with Crippen LogP contribution in [0.25, 0.3) is 0 Å². The first-order chi connectivity index (χ1) is 9.58. The second kappa shape index (κ2) is 6.32. The first kappa shape index (κ1) is 16.2. The van der Waals surface area contributed by atoms with Crippen LogP contribution in [0.3, 0.4) is 0 Å². The minimum Gasteiger partial charge on any atom is -0.344 e. The molecule has 0 aromatic carbocycles. The predicted molar refractivity (Wildman–Crippen MR) is 79.8 cm³/mol. The van der Waals surface area contributed by atoms with Gasteiger partial charge < -0.3 is 15.6 Å². The molecule has 1 aromatic heterocycles. The molecule has 1 unspecified atom stereocenters. The van der Waals surface area contributed by atoms with Gasteiger partial charge in [-0.05, 0) is 39.0 Å². The van der Waals surface area contributed by atoms with E-state index in [1.165, 1.54) is 0 Å². The van der Waals surface area contributed by atoms with Gasteiger partial charge in [0.25, 0.3) is 0 Å². The average molecular weight is 315 g/mol. The van der Waals surface area contributed by atoms with Crippen LogP contribution < -0.4 is 11.1 Å². The molecule has 6 nitrogen and oxygen atoms in total. The number of hydrogen-bond acceptors (Lipinski definition) is 5. The third-order valence-corrected chi connectivity index (χ3v) is 4.59. The van der Waals surface area contributed by atoms with E-state index in [4.69, 9.17) is 10.3 Å². The topological polar surface area (TPSA) is 94.0 Å². The molecule has 118 valence electrons. The van der Waals surface area contributed by atoms with Crippen molar-refractivity contribution >= 4 is 18.3 Å². The van der Waals surface area contributed by atoms with E-state index >= 15 is 0 Å². The number of aromatic nitrogens is 2. The normalized spacial score (nSPS) is 22.2. The predicted octanol–water partition coefficient (Wildman–Crippen LogP) is 2.20. The zero-order valence-corrected chi connectivity index (χ0v) is 13.1. The van der Waals surface area contributed by atoms with E-state index in [0.717, 1.165) is 44.9 Å². The van der Waals surface area contributed by atoms with Crippen LogP contribution in [0.15, 0.2) is 4.52 Å². The fraction of sp³-hybridized carbons (Fsp3) is 0.786. The van der Waals surface area contributed by atoms with Gasteiger partial charge >= 0.3 is 0 Å². The molecule has 1 amide bonds. The smallest absolute Gasteiger partial charge is 0.248 e. The summed E-state index contributed by atoms with van der Waals surface area (Å²) in [6.07, 6.45) is 7.16. The van der Waals surface area contributed by atoms with Crippen LogP contribution in [-0.4, -0.2) is 16.0 Å². The zero-order valence-electron chi connectivity index (χ0n) is 12.3. The second-order valence-corrected chi connectivity index (χ2v) is 6.18. The Hall–Kier alpha value is -1.14. The standard InChI is InChI=1S/C14H22N4O2.ClH/c1-9(16-11(19)10-5-2-3-6-10)12-17-13(18-20-12)14(15)7-4-8-14;/h9-10H,2-8,15H2,1H3,(H,16,19);1H. The molecule has 21 heavy (non-hydrogen) atoms. The summed E-state index contributed by atoms with van der Waals surface area (Å²) in [7, 11) is 0. The summed E-state index contributed by atoms with van der Waals surface area (Å²) in [4.78, 5) is 16.4. The van der Waals surface area contributed by atoms with Crippen molar-refractivity contribution in [2.75, 3.05) is 0 Å². The van der Waals surface area contributed by atoms with Crippen molar-refractivity contribution in [2.45, 2.75) is 63.5 Å². The van der Waals surface area contributed by atoms with Gasteiger partial charge in [-0.25, -0.2) is 0 Å². The fourth-order valence-electron chi connectivity index (χ4n) is 2.98. The van der Waals surface area contributed by atoms with Crippen molar-refractivity contribution in [1.82, 2.24) is 15.5 Å². The number of rotatable bonds is 4. The fourth-order valence-corrected chi connectivity index (χ4v) is 2.98. The molecule has 0 aliphatic heterocycles. The lowest BCUT2D eigenvalue weighted by atomic mass is 9.77. The Morgan fingerprint density at radius 3 is 2.62 bits per heavy atom. The van der Waals surface area contributed by atoms with Crippen LogP contribution in [0.1, 0.15) is 69.6 Å². The number of carbonyl (C=O) groups is 1. The first-order valence-electron chi connectivity index (χ1n) is 7.52. The van der Waals surface area contributed by atoms with Gasteiger partial charge in [-0.1, -0.05) is 18.0 Å². The Labute approximate surface area is 130 Å². The quantitative estimate of drug-likeness (QED) is 0.888. The molecule has 7 heteroatoms. The second-order valence-electron chi connectivity index (χ2n) is 6.18. The van der Waals surface area contributed by atoms with Crippen LogP contribution in [0.2, 0.25) is 0 Å². The number of amides is 1. The summed E-state index contributed by atoms with van der Waals surface area (Å²) in [5.74, 6) is 1.26. The minimum atomic E-state index is -0.420. The first-order valence-corrected chi connectivity index (χ1v) is 7.52. The molecule has 0 spiro atoms. The third-order valence-electron chi connectivity index (χ3n) is 4.59. The van der Waals surface area contributed by atoms with Crippen molar-refractivity contribution in [3.8, 4) is 0 Å². The molecule has 1 atom stereocenters. The summed E-state index contributed by atoms with van der Waals surface area (Å²) in [5.41, 5.74) is 5.75. The van der Waals surface area contributed by atoms with Gasteiger partial charge in [-0.2, -0.15) is 4.98 Å². The third kappa shape index (κ3) is 3.21. The number of halogens is 1. The van der Waals surface area contributed by atoms with E-state index in [9.17, 15) is 4.79 Å². The maximum absolute atomic E-state index is 12.1. The number of hydrogen-bond donors (Lipinski definition) is 2. The molecule has 0 saturated heterocycles. The van der Waals surface area contributed by atoms with Gasteiger partial charge in [0.2, 0.25) is 11.8 Å². The van der Waals surface area contributed by atoms with E-state index in [1.54, 1.807) is 0 Å². The van der Waals surface area contributed by atoms with Gasteiger partial charge in [0.15, 0.2) is 5.82 Å². The van der Waals surface area contributed by atoms with E-state index in [1.807, 2.05) is 6.92 Å². The Balaban J connectivity index is 0.00000161. The zero-order chi connectivity index (χ0) is 14.2. The molecule has 3 N–H and O–H groups in total. The summed E-state index contributed by atoms with van der Waals surface area (Å²) in [6, 6.07) is -0.256. The molecule has 1 heterocycles. The highest BCUT2D eigenvalue weighted by atomic mass is 35.5. The maximum Gasteiger partial charge on any atom is 0.248 e. The molecule has 0 radical (unpaired) electrons. The van der Waals surface area contributed by atoms with E-state index < -0.39 is 5.54 Å². The summed E-state index contributed by atoms with van der Waals surface area (Å²) < 4.78 is 5.26. The van der Waals surface area contributed by atoms with Crippen LogP contribution >= 0.6 is 12.4 Å². The molecule has 3 rings (SSSR count). The highest BCUT2D eigenvalue weighted by molar-refractivity contribution is 5.85. The van der Waals surface area contributed by atoms with E-state index in [0.29, 0.717) is 11.7 Å². The Bertz CT molecular complexity index is 495. The monoisotopic (exact) mass is 314 g/mol. The molecular weight excluding hydrogens is 292 g/mol. The summed E-state index contributed by atoms with van der Waals surface area (Å²) >= 11 is 0. The van der Waals surface area contributed by atoms with Crippen LogP contribution in [0.4, 0.5) is 0 Å². The lowest BCUT2D eigenvalue weighted by Crippen LogP contribution is -2.44. The van der Waals surface area contributed by atoms with E-state index in [-0.39, 0.29) is 30.3 Å². The molecule has 2 aliphatic carbocycles. The molecular formula is C14H23ClN4O2. The molecule has 2 fully saturated rings. The summed E-state index contributed by atoms with van der Waals surface area (Å²) in [6.45, 7) is 1.87. The number of nitrogens with two attached hydrogens (primary N) is 1. The lowest BCUT2D eigenvalue weighted by Gasteiger charge is -2.34. The molecule has 0 bridgehead atoms. The Morgan fingerprint density at radius 1 is 1.38 bits per heavy atom. The SMILES string of the molecule is CC(NC(=O)C1CCCC1)c1nc(C2(N)CCC2)no1.Cl. The molecule has 2 aliphatic rings. The minimum absolute atomic E-state index is 0. The number of carbonyl (C=O) groups excluding carboxylic acids is 1. The Morgan fingerprint density at radius 2 is 2.05 bits per heavy atom. The van der Waals surface area contributed by atoms with Crippen molar-refractivity contribution in [2.24, 2.45) is 11.7 Å². The van der Waals surface area contributed by atoms with Gasteiger partial charge in [0, 0.05) is 5.92 Å². The largest absolute Gasteiger partial charge is 0.344 e. The highest BCUT2D eigenvalue weighted by Crippen LogP contribution is 2.37. The van der Waals surface area contributed by atoms with Crippen molar-refractivity contribution < 1.29 is 9.32 Å². The molecule has 2 saturated carbocycles. The maximum atomic E-state index is 12.1. The van der Waals surface area contributed by atoms with Gasteiger partial charge in [-0.3, -0.25) is 4.79 Å². The van der Waals surface area contributed by atoms with Crippen LogP contribution in [0.5, 0.6) is 0 Å². The Kier molecular flexibility index (Phi) is 4.88. The number of nitrogens with one attached hydrogen (secondary N) is 1. The number of nitrogens with zero attached hydrogens (tertiary/aromatic N) is 2. The van der Waals surface area contributed by atoms with Gasteiger partial charge in [-0.15, -0.1) is 12.4 Å².